The summed E-state index contributed by atoms with van der Waals surface area (Å²) in [6, 6.07) is 0. The maximum Gasteiger partial charge on any atom is 0.321 e. The van der Waals surface area contributed by atoms with Gasteiger partial charge in [-0.3, -0.25) is 9.59 Å². The first kappa shape index (κ1) is 27.1. The molecule has 2 heterocycles. The van der Waals surface area contributed by atoms with E-state index < -0.39 is 23.3 Å². The molecule has 0 aromatic rings. The van der Waals surface area contributed by atoms with Crippen LogP contribution >= 0.6 is 0 Å². The number of carboxylic acids is 2. The monoisotopic (exact) mass is 454 g/mol. The van der Waals surface area contributed by atoms with Crippen LogP contribution in [0.3, 0.4) is 0 Å². The van der Waals surface area contributed by atoms with Gasteiger partial charge in [-0.15, -0.1) is 0 Å². The smallest absolute Gasteiger partial charge is 0.321 e. The highest BCUT2D eigenvalue weighted by atomic mass is 16.6. The summed E-state index contributed by atoms with van der Waals surface area (Å²) >= 11 is 0. The maximum absolute atomic E-state index is 12.1. The standard InChI is InChI=1S/C26H46O6/c1-2-3-4-5-6-7-8-9-10-11-12-13-14-15-16-21(17-22-19-31-22)26(24(27)28,25(29)30)18-23-20-32-23/h21-23H,2-20H2,1H3,(H,27,28)(H,29,30). The summed E-state index contributed by atoms with van der Waals surface area (Å²) in [5.41, 5.74) is -1.76. The van der Waals surface area contributed by atoms with E-state index in [9.17, 15) is 19.8 Å². The average Bonchev–Trinajstić information content (AvgIpc) is 3.67. The zero-order valence-electron chi connectivity index (χ0n) is 20.2. The zero-order chi connectivity index (χ0) is 23.2. The molecule has 2 aliphatic heterocycles. The molecule has 2 aliphatic rings. The molecule has 3 atom stereocenters. The van der Waals surface area contributed by atoms with Gasteiger partial charge in [0.25, 0.3) is 0 Å². The summed E-state index contributed by atoms with van der Waals surface area (Å²) < 4.78 is 10.5. The lowest BCUT2D eigenvalue weighted by Crippen LogP contribution is -2.47. The minimum atomic E-state index is -1.76. The predicted octanol–water partition coefficient (Wildman–Crippen LogP) is 6.21. The van der Waals surface area contributed by atoms with E-state index in [-0.39, 0.29) is 18.6 Å². The first-order valence-corrected chi connectivity index (χ1v) is 13.2. The number of rotatable bonds is 22. The van der Waals surface area contributed by atoms with Gasteiger partial charge in [0.05, 0.1) is 25.4 Å². The number of carbonyl (C=O) groups is 2. The normalized spacial score (nSPS) is 20.8. The van der Waals surface area contributed by atoms with Crippen molar-refractivity contribution in [2.45, 2.75) is 128 Å². The summed E-state index contributed by atoms with van der Waals surface area (Å²) in [5, 5.41) is 19.8. The summed E-state index contributed by atoms with van der Waals surface area (Å²) in [6.07, 6.45) is 18.7. The Morgan fingerprint density at radius 3 is 1.53 bits per heavy atom. The first-order chi connectivity index (χ1) is 15.5. The highest BCUT2D eigenvalue weighted by Gasteiger charge is 2.56. The second-order valence-electron chi connectivity index (χ2n) is 10.0. The van der Waals surface area contributed by atoms with Crippen molar-refractivity contribution in [2.24, 2.45) is 11.3 Å². The van der Waals surface area contributed by atoms with Crippen molar-refractivity contribution >= 4 is 11.9 Å². The molecule has 6 heteroatoms. The van der Waals surface area contributed by atoms with Gasteiger partial charge in [-0.2, -0.15) is 0 Å². The summed E-state index contributed by atoms with van der Waals surface area (Å²) in [5.74, 6) is -2.86. The van der Waals surface area contributed by atoms with Gasteiger partial charge in [0.2, 0.25) is 0 Å². The molecular formula is C26H46O6. The fourth-order valence-corrected chi connectivity index (χ4v) is 5.00. The lowest BCUT2D eigenvalue weighted by Gasteiger charge is -2.33. The summed E-state index contributed by atoms with van der Waals surface area (Å²) in [4.78, 5) is 24.3. The van der Waals surface area contributed by atoms with Gasteiger partial charge in [-0.25, -0.2) is 0 Å². The Labute approximate surface area is 194 Å². The van der Waals surface area contributed by atoms with E-state index in [1.807, 2.05) is 0 Å². The van der Waals surface area contributed by atoms with Gasteiger partial charge in [0, 0.05) is 6.42 Å². The lowest BCUT2D eigenvalue weighted by atomic mass is 9.68. The van der Waals surface area contributed by atoms with Crippen LogP contribution in [-0.2, 0) is 19.1 Å². The minimum absolute atomic E-state index is 0.0184. The van der Waals surface area contributed by atoms with Crippen LogP contribution in [0.25, 0.3) is 0 Å². The topological polar surface area (TPSA) is 99.7 Å². The number of epoxide rings is 2. The van der Waals surface area contributed by atoms with Crippen molar-refractivity contribution in [3.8, 4) is 0 Å². The number of carboxylic acid groups (broad SMARTS) is 2. The fourth-order valence-electron chi connectivity index (χ4n) is 5.00. The molecular weight excluding hydrogens is 408 g/mol. The van der Waals surface area contributed by atoms with E-state index >= 15 is 0 Å². The highest BCUT2D eigenvalue weighted by molar-refractivity contribution is 5.98. The van der Waals surface area contributed by atoms with Gasteiger partial charge < -0.3 is 19.7 Å². The van der Waals surface area contributed by atoms with Crippen molar-refractivity contribution in [2.75, 3.05) is 13.2 Å². The molecule has 0 bridgehead atoms. The third-order valence-electron chi connectivity index (χ3n) is 7.27. The van der Waals surface area contributed by atoms with Crippen molar-refractivity contribution in [3.63, 3.8) is 0 Å². The summed E-state index contributed by atoms with van der Waals surface area (Å²) in [6.45, 7) is 3.34. The largest absolute Gasteiger partial charge is 0.480 e. The third kappa shape index (κ3) is 9.78. The van der Waals surface area contributed by atoms with Crippen LogP contribution < -0.4 is 0 Å². The van der Waals surface area contributed by atoms with Crippen LogP contribution in [0.4, 0.5) is 0 Å². The van der Waals surface area contributed by atoms with Crippen LogP contribution in [0.1, 0.15) is 116 Å². The van der Waals surface area contributed by atoms with Gasteiger partial charge in [-0.05, 0) is 18.8 Å². The molecule has 2 fully saturated rings. The molecule has 2 N–H and O–H groups in total. The number of ether oxygens (including phenoxy) is 2. The van der Waals surface area contributed by atoms with E-state index in [2.05, 4.69) is 6.92 Å². The Morgan fingerprint density at radius 2 is 1.16 bits per heavy atom. The quantitative estimate of drug-likeness (QED) is 0.115. The number of aliphatic carboxylic acids is 2. The van der Waals surface area contributed by atoms with E-state index in [0.717, 1.165) is 19.3 Å². The molecule has 0 aliphatic carbocycles. The summed E-state index contributed by atoms with van der Waals surface area (Å²) in [7, 11) is 0. The highest BCUT2D eigenvalue weighted by Crippen LogP contribution is 2.44. The van der Waals surface area contributed by atoms with Crippen molar-refractivity contribution in [1.82, 2.24) is 0 Å². The lowest BCUT2D eigenvalue weighted by molar-refractivity contribution is -0.171. The minimum Gasteiger partial charge on any atom is -0.480 e. The SMILES string of the molecule is CCCCCCCCCCCCCCCCC(CC1CO1)C(CC1CO1)(C(=O)O)C(=O)O. The van der Waals surface area contributed by atoms with Gasteiger partial charge >= 0.3 is 11.9 Å². The van der Waals surface area contributed by atoms with Crippen molar-refractivity contribution in [3.05, 3.63) is 0 Å². The van der Waals surface area contributed by atoms with E-state index in [0.29, 0.717) is 26.1 Å². The molecule has 2 rings (SSSR count). The van der Waals surface area contributed by atoms with E-state index in [4.69, 9.17) is 9.47 Å². The molecule has 0 saturated carbocycles. The molecule has 32 heavy (non-hydrogen) atoms. The number of hydrogen-bond acceptors (Lipinski definition) is 4. The Bertz CT molecular complexity index is 526. The Balaban J connectivity index is 1.61. The molecule has 6 nitrogen and oxygen atoms in total. The Hall–Kier alpha value is -1.14. The predicted molar refractivity (Wildman–Crippen MR) is 125 cm³/mol. The van der Waals surface area contributed by atoms with Gasteiger partial charge in [0.1, 0.15) is 0 Å². The molecule has 186 valence electrons. The van der Waals surface area contributed by atoms with Crippen molar-refractivity contribution < 1.29 is 29.3 Å². The number of unbranched alkanes of at least 4 members (excludes halogenated alkanes) is 13. The number of hydrogen-bond donors (Lipinski definition) is 2. The van der Waals surface area contributed by atoms with Crippen LogP contribution in [0, 0.1) is 11.3 Å². The first-order valence-electron chi connectivity index (χ1n) is 13.2. The molecule has 3 unspecified atom stereocenters. The third-order valence-corrected chi connectivity index (χ3v) is 7.27. The fraction of sp³-hybridized carbons (Fsp3) is 0.923. The molecule has 0 spiro atoms. The van der Waals surface area contributed by atoms with Crippen LogP contribution in [0.2, 0.25) is 0 Å². The van der Waals surface area contributed by atoms with E-state index in [1.165, 1.54) is 70.6 Å². The van der Waals surface area contributed by atoms with Crippen molar-refractivity contribution in [1.29, 1.82) is 0 Å². The second-order valence-corrected chi connectivity index (χ2v) is 10.0. The van der Waals surface area contributed by atoms with E-state index in [1.54, 1.807) is 0 Å². The molecule has 0 aromatic heterocycles. The molecule has 0 radical (unpaired) electrons. The second kappa shape index (κ2) is 14.9. The Morgan fingerprint density at radius 1 is 0.750 bits per heavy atom. The van der Waals surface area contributed by atoms with Crippen LogP contribution in [-0.4, -0.2) is 47.6 Å². The molecule has 2 saturated heterocycles. The van der Waals surface area contributed by atoms with Gasteiger partial charge in [0.15, 0.2) is 5.41 Å². The van der Waals surface area contributed by atoms with Crippen LogP contribution in [0.5, 0.6) is 0 Å². The van der Waals surface area contributed by atoms with Gasteiger partial charge in [-0.1, -0.05) is 96.8 Å². The Kier molecular flexibility index (Phi) is 12.6. The van der Waals surface area contributed by atoms with Crippen LogP contribution in [0.15, 0.2) is 0 Å². The molecule has 0 aromatic carbocycles. The maximum atomic E-state index is 12.1. The molecule has 0 amide bonds. The average molecular weight is 455 g/mol. The zero-order valence-corrected chi connectivity index (χ0v) is 20.2.